The van der Waals surface area contributed by atoms with Crippen LogP contribution in [0.15, 0.2) is 30.3 Å². The van der Waals surface area contributed by atoms with Crippen molar-refractivity contribution >= 4 is 33.8 Å². The Kier molecular flexibility index (Phi) is 5.78. The van der Waals surface area contributed by atoms with Crippen LogP contribution in [0.25, 0.3) is 11.3 Å². The van der Waals surface area contributed by atoms with Gasteiger partial charge in [-0.1, -0.05) is 11.6 Å². The number of phenolic OH excluding ortho intramolecular Hbond substituents is 2. The van der Waals surface area contributed by atoms with Crippen molar-refractivity contribution in [1.82, 2.24) is 4.98 Å². The lowest BCUT2D eigenvalue weighted by Crippen LogP contribution is -1.96. The second-order valence-electron chi connectivity index (χ2n) is 5.64. The van der Waals surface area contributed by atoms with Gasteiger partial charge in [-0.15, -0.1) is 11.3 Å². The number of benzene rings is 2. The number of thiazole rings is 1. The maximum absolute atomic E-state index is 9.77. The largest absolute Gasteiger partial charge is 0.504 e. The zero-order valence-electron chi connectivity index (χ0n) is 15.0. The molecule has 1 heterocycles. The number of phenols is 2. The van der Waals surface area contributed by atoms with Crippen LogP contribution in [-0.4, -0.2) is 29.4 Å². The molecule has 3 N–H and O–H groups in total. The highest BCUT2D eigenvalue weighted by Gasteiger charge is 2.17. The van der Waals surface area contributed by atoms with Gasteiger partial charge in [-0.3, -0.25) is 0 Å². The number of nitrogens with zero attached hydrogens (tertiary/aromatic N) is 2. The molecule has 0 radical (unpaired) electrons. The van der Waals surface area contributed by atoms with Crippen molar-refractivity contribution in [2.75, 3.05) is 19.5 Å². The van der Waals surface area contributed by atoms with E-state index < -0.39 is 0 Å². The van der Waals surface area contributed by atoms with Crippen LogP contribution in [0, 0.1) is 11.3 Å². The monoisotopic (exact) mass is 417 g/mol. The van der Waals surface area contributed by atoms with E-state index in [0.29, 0.717) is 43.5 Å². The first-order valence-corrected chi connectivity index (χ1v) is 9.23. The fourth-order valence-electron chi connectivity index (χ4n) is 2.57. The third kappa shape index (κ3) is 3.91. The maximum Gasteiger partial charge on any atom is 0.188 e. The van der Waals surface area contributed by atoms with Gasteiger partial charge < -0.3 is 25.0 Å². The Morgan fingerprint density at radius 3 is 2.54 bits per heavy atom. The molecular formula is C19H16ClN3O4S. The van der Waals surface area contributed by atoms with Gasteiger partial charge in [-0.25, -0.2) is 4.98 Å². The van der Waals surface area contributed by atoms with Crippen LogP contribution < -0.4 is 14.8 Å². The number of hydrogen-bond donors (Lipinski definition) is 3. The van der Waals surface area contributed by atoms with E-state index in [1.54, 1.807) is 18.2 Å². The number of anilines is 2. The average molecular weight is 418 g/mol. The highest BCUT2D eigenvalue weighted by molar-refractivity contribution is 7.16. The Bertz CT molecular complexity index is 1060. The minimum atomic E-state index is -0.258. The minimum Gasteiger partial charge on any atom is -0.504 e. The molecule has 9 heteroatoms. The number of halogens is 1. The number of ether oxygens (including phenoxy) is 2. The minimum absolute atomic E-state index is 0.150. The molecule has 0 aliphatic carbocycles. The molecule has 1 aromatic heterocycles. The Morgan fingerprint density at radius 1 is 1.14 bits per heavy atom. The normalized spacial score (nSPS) is 10.4. The van der Waals surface area contributed by atoms with Gasteiger partial charge in [-0.2, -0.15) is 5.26 Å². The van der Waals surface area contributed by atoms with E-state index in [0.717, 1.165) is 0 Å². The summed E-state index contributed by atoms with van der Waals surface area (Å²) in [6.45, 7) is 0. The van der Waals surface area contributed by atoms with Gasteiger partial charge in [0.15, 0.2) is 16.6 Å². The lowest BCUT2D eigenvalue weighted by molar-refractivity contribution is 0.396. The van der Waals surface area contributed by atoms with E-state index in [2.05, 4.69) is 16.4 Å². The number of methoxy groups -OCH3 is 2. The molecule has 0 fully saturated rings. The van der Waals surface area contributed by atoms with Crippen molar-refractivity contribution in [3.05, 3.63) is 40.2 Å². The van der Waals surface area contributed by atoms with Crippen molar-refractivity contribution in [3.63, 3.8) is 0 Å². The first-order valence-electron chi connectivity index (χ1n) is 8.04. The molecular weight excluding hydrogens is 402 g/mol. The lowest BCUT2D eigenvalue weighted by Gasteiger charge is -2.12. The van der Waals surface area contributed by atoms with E-state index >= 15 is 0 Å². The molecule has 28 heavy (non-hydrogen) atoms. The molecule has 0 aliphatic rings. The molecule has 0 amide bonds. The third-order valence-corrected chi connectivity index (χ3v) is 5.17. The molecule has 0 atom stereocenters. The highest BCUT2D eigenvalue weighted by Crippen LogP contribution is 2.40. The van der Waals surface area contributed by atoms with E-state index in [1.807, 2.05) is 0 Å². The van der Waals surface area contributed by atoms with E-state index in [1.165, 1.54) is 37.7 Å². The maximum atomic E-state index is 9.77. The van der Waals surface area contributed by atoms with Crippen molar-refractivity contribution in [3.8, 4) is 40.3 Å². The molecule has 3 rings (SSSR count). The first-order chi connectivity index (χ1) is 13.5. The summed E-state index contributed by atoms with van der Waals surface area (Å²) in [6.07, 6.45) is 0.150. The second-order valence-corrected chi connectivity index (χ2v) is 7.13. The summed E-state index contributed by atoms with van der Waals surface area (Å²) in [7, 11) is 3.05. The van der Waals surface area contributed by atoms with Crippen LogP contribution in [0.5, 0.6) is 23.0 Å². The topological polar surface area (TPSA) is 108 Å². The number of aromatic nitrogens is 1. The quantitative estimate of drug-likeness (QED) is 0.499. The zero-order chi connectivity index (χ0) is 20.3. The van der Waals surface area contributed by atoms with Crippen molar-refractivity contribution < 1.29 is 19.7 Å². The molecule has 0 saturated heterocycles. The van der Waals surface area contributed by atoms with Gasteiger partial charge in [0.05, 0.1) is 43.1 Å². The predicted molar refractivity (Wildman–Crippen MR) is 108 cm³/mol. The van der Waals surface area contributed by atoms with Gasteiger partial charge in [0.25, 0.3) is 0 Å². The molecule has 3 aromatic rings. The Balaban J connectivity index is 2.01. The number of rotatable bonds is 6. The summed E-state index contributed by atoms with van der Waals surface area (Å²) >= 11 is 7.51. The molecule has 0 aliphatic heterocycles. The van der Waals surface area contributed by atoms with Gasteiger partial charge in [0.2, 0.25) is 0 Å². The van der Waals surface area contributed by atoms with E-state index in [-0.39, 0.29) is 17.9 Å². The van der Waals surface area contributed by atoms with Gasteiger partial charge in [0, 0.05) is 16.5 Å². The number of nitriles is 1. The van der Waals surface area contributed by atoms with Crippen LogP contribution >= 0.6 is 22.9 Å². The summed E-state index contributed by atoms with van der Waals surface area (Å²) in [4.78, 5) is 5.26. The summed E-state index contributed by atoms with van der Waals surface area (Å²) in [5.74, 6) is 0.513. The standard InChI is InChI=1S/C19H16ClN3O4S/c1-26-15-9-16(27-2)12(8-11(15)20)22-19-23-18(17(28-19)5-6-21)10-3-4-13(24)14(25)7-10/h3-4,7-9,24-25H,5H2,1-2H3,(H,22,23). The molecule has 7 nitrogen and oxygen atoms in total. The van der Waals surface area contributed by atoms with Gasteiger partial charge >= 0.3 is 0 Å². The highest BCUT2D eigenvalue weighted by atomic mass is 35.5. The molecule has 144 valence electrons. The smallest absolute Gasteiger partial charge is 0.188 e. The van der Waals surface area contributed by atoms with Crippen molar-refractivity contribution in [2.24, 2.45) is 0 Å². The first kappa shape index (κ1) is 19.6. The molecule has 0 spiro atoms. The number of aromatic hydroxyl groups is 2. The van der Waals surface area contributed by atoms with Crippen LogP contribution in [0.4, 0.5) is 10.8 Å². The molecule has 2 aromatic carbocycles. The fraction of sp³-hybridized carbons (Fsp3) is 0.158. The summed E-state index contributed by atoms with van der Waals surface area (Å²) < 4.78 is 10.6. The summed E-state index contributed by atoms with van der Waals surface area (Å²) in [6, 6.07) is 9.84. The Hall–Kier alpha value is -3.15. The summed E-state index contributed by atoms with van der Waals surface area (Å²) in [5.41, 5.74) is 1.72. The van der Waals surface area contributed by atoms with Gasteiger partial charge in [0.1, 0.15) is 11.5 Å². The van der Waals surface area contributed by atoms with E-state index in [4.69, 9.17) is 26.3 Å². The zero-order valence-corrected chi connectivity index (χ0v) is 16.6. The lowest BCUT2D eigenvalue weighted by atomic mass is 10.1. The number of nitrogens with one attached hydrogen (secondary N) is 1. The average Bonchev–Trinajstić information content (AvgIpc) is 3.07. The van der Waals surface area contributed by atoms with Crippen LogP contribution in [0.3, 0.4) is 0 Å². The van der Waals surface area contributed by atoms with Crippen LogP contribution in [0.2, 0.25) is 5.02 Å². The molecule has 0 saturated carbocycles. The SMILES string of the molecule is COc1cc(OC)c(Nc2nc(-c3ccc(O)c(O)c3)c(CC#N)s2)cc1Cl. The van der Waals surface area contributed by atoms with Crippen LogP contribution in [0.1, 0.15) is 4.88 Å². The molecule has 0 unspecified atom stereocenters. The molecule has 0 bridgehead atoms. The Labute approximate surface area is 170 Å². The van der Waals surface area contributed by atoms with Crippen molar-refractivity contribution in [2.45, 2.75) is 6.42 Å². The second kappa shape index (κ2) is 8.25. The van der Waals surface area contributed by atoms with Gasteiger partial charge in [-0.05, 0) is 24.3 Å². The fourth-order valence-corrected chi connectivity index (χ4v) is 3.74. The van der Waals surface area contributed by atoms with Crippen molar-refractivity contribution in [1.29, 1.82) is 5.26 Å². The third-order valence-electron chi connectivity index (χ3n) is 3.90. The summed E-state index contributed by atoms with van der Waals surface area (Å²) in [5, 5.41) is 32.5. The predicted octanol–water partition coefficient (Wildman–Crippen LogP) is 4.70. The van der Waals surface area contributed by atoms with E-state index in [9.17, 15) is 10.2 Å². The Morgan fingerprint density at radius 2 is 1.89 bits per heavy atom. The van der Waals surface area contributed by atoms with Crippen LogP contribution in [-0.2, 0) is 6.42 Å². The number of hydrogen-bond acceptors (Lipinski definition) is 8.